The molecule has 1 aromatic carbocycles. The van der Waals surface area contributed by atoms with E-state index in [0.717, 1.165) is 5.39 Å². The summed E-state index contributed by atoms with van der Waals surface area (Å²) < 4.78 is 0. The number of hydrogen-bond donors (Lipinski definition) is 2. The first-order valence-corrected chi connectivity index (χ1v) is 6.08. The normalized spacial score (nSPS) is 10.4. The fourth-order valence-corrected chi connectivity index (χ4v) is 1.97. The first kappa shape index (κ1) is 12.1. The number of amides is 1. The Morgan fingerprint density at radius 1 is 1.05 bits per heavy atom. The van der Waals surface area contributed by atoms with Crippen molar-refractivity contribution in [1.29, 1.82) is 0 Å². The molecule has 0 fully saturated rings. The molecule has 98 valence electrons. The number of H-pyrrole nitrogens is 1. The zero-order valence-electron chi connectivity index (χ0n) is 10.5. The van der Waals surface area contributed by atoms with E-state index >= 15 is 0 Å². The lowest BCUT2D eigenvalue weighted by Gasteiger charge is -2.07. The van der Waals surface area contributed by atoms with E-state index in [1.165, 1.54) is 12.1 Å². The van der Waals surface area contributed by atoms with Crippen LogP contribution >= 0.6 is 0 Å². The molecule has 2 heterocycles. The van der Waals surface area contributed by atoms with E-state index in [1.807, 2.05) is 24.3 Å². The van der Waals surface area contributed by atoms with E-state index in [2.05, 4.69) is 15.3 Å². The predicted molar refractivity (Wildman–Crippen MR) is 76.8 cm³/mol. The molecule has 0 unspecified atom stereocenters. The first-order valence-electron chi connectivity index (χ1n) is 6.08. The second kappa shape index (κ2) is 4.97. The molecule has 2 N–H and O–H groups in total. The van der Waals surface area contributed by atoms with Gasteiger partial charge in [-0.05, 0) is 18.2 Å². The molecule has 0 bridgehead atoms. The number of anilines is 1. The third kappa shape index (κ3) is 2.29. The van der Waals surface area contributed by atoms with Gasteiger partial charge in [0.1, 0.15) is 5.69 Å². The molecule has 20 heavy (non-hydrogen) atoms. The van der Waals surface area contributed by atoms with Crippen LogP contribution in [0.2, 0.25) is 0 Å². The SMILES string of the molecule is O=C(Nc1cccc2cccnc12)c1cccc(=O)[nH]1. The fraction of sp³-hybridized carbons (Fsp3) is 0. The number of benzene rings is 1. The van der Waals surface area contributed by atoms with Crippen LogP contribution in [0.25, 0.3) is 10.9 Å². The Labute approximate surface area is 114 Å². The molecule has 0 spiro atoms. The highest BCUT2D eigenvalue weighted by atomic mass is 16.2. The molecule has 2 aromatic heterocycles. The highest BCUT2D eigenvalue weighted by molar-refractivity contribution is 6.07. The van der Waals surface area contributed by atoms with Gasteiger partial charge in [-0.1, -0.05) is 24.3 Å². The Balaban J connectivity index is 1.97. The number of carbonyl (C=O) groups excluding carboxylic acids is 1. The van der Waals surface area contributed by atoms with E-state index < -0.39 is 0 Å². The van der Waals surface area contributed by atoms with Crippen molar-refractivity contribution in [1.82, 2.24) is 9.97 Å². The first-order chi connectivity index (χ1) is 9.74. The van der Waals surface area contributed by atoms with Crippen LogP contribution in [-0.4, -0.2) is 15.9 Å². The number of nitrogens with zero attached hydrogens (tertiary/aromatic N) is 1. The molecule has 0 aliphatic carbocycles. The molecule has 1 amide bonds. The molecule has 3 aromatic rings. The van der Waals surface area contributed by atoms with Crippen LogP contribution in [0.15, 0.2) is 59.5 Å². The van der Waals surface area contributed by atoms with Crippen LogP contribution in [0.3, 0.4) is 0 Å². The number of para-hydroxylation sites is 1. The maximum Gasteiger partial charge on any atom is 0.272 e. The maximum atomic E-state index is 12.1. The molecular formula is C15H11N3O2. The van der Waals surface area contributed by atoms with Gasteiger partial charge >= 0.3 is 0 Å². The molecule has 5 heteroatoms. The predicted octanol–water partition coefficient (Wildman–Crippen LogP) is 2.18. The van der Waals surface area contributed by atoms with Crippen molar-refractivity contribution in [2.75, 3.05) is 5.32 Å². The van der Waals surface area contributed by atoms with Crippen LogP contribution in [0.5, 0.6) is 0 Å². The number of aromatic amines is 1. The van der Waals surface area contributed by atoms with Crippen molar-refractivity contribution >= 4 is 22.5 Å². The van der Waals surface area contributed by atoms with Crippen LogP contribution in [0, 0.1) is 0 Å². The third-order valence-corrected chi connectivity index (χ3v) is 2.89. The molecule has 0 saturated carbocycles. The Bertz CT molecular complexity index is 834. The summed E-state index contributed by atoms with van der Waals surface area (Å²) in [6.45, 7) is 0. The number of aromatic nitrogens is 2. The fourth-order valence-electron chi connectivity index (χ4n) is 1.97. The molecule has 0 aliphatic heterocycles. The van der Waals surface area contributed by atoms with Crippen LogP contribution < -0.4 is 10.9 Å². The third-order valence-electron chi connectivity index (χ3n) is 2.89. The lowest BCUT2D eigenvalue weighted by atomic mass is 10.2. The van der Waals surface area contributed by atoms with Gasteiger partial charge in [0.2, 0.25) is 5.56 Å². The monoisotopic (exact) mass is 265 g/mol. The number of rotatable bonds is 2. The second-order valence-corrected chi connectivity index (χ2v) is 4.26. The quantitative estimate of drug-likeness (QED) is 0.745. The van der Waals surface area contributed by atoms with Crippen molar-refractivity contribution in [2.24, 2.45) is 0 Å². The second-order valence-electron chi connectivity index (χ2n) is 4.26. The number of nitrogens with one attached hydrogen (secondary N) is 2. The van der Waals surface area contributed by atoms with Crippen LogP contribution in [0.1, 0.15) is 10.5 Å². The van der Waals surface area contributed by atoms with E-state index in [-0.39, 0.29) is 17.2 Å². The Kier molecular flexibility index (Phi) is 3.01. The van der Waals surface area contributed by atoms with E-state index in [4.69, 9.17) is 0 Å². The minimum atomic E-state index is -0.374. The molecule has 0 aliphatic rings. The average Bonchev–Trinajstić information content (AvgIpc) is 2.47. The van der Waals surface area contributed by atoms with Crippen molar-refractivity contribution < 1.29 is 4.79 Å². The van der Waals surface area contributed by atoms with Crippen molar-refractivity contribution in [3.63, 3.8) is 0 Å². The summed E-state index contributed by atoms with van der Waals surface area (Å²) >= 11 is 0. The van der Waals surface area contributed by atoms with Gasteiger partial charge in [0, 0.05) is 17.6 Å². The van der Waals surface area contributed by atoms with Gasteiger partial charge in [-0.25, -0.2) is 0 Å². The Morgan fingerprint density at radius 2 is 1.85 bits per heavy atom. The van der Waals surface area contributed by atoms with E-state index in [9.17, 15) is 9.59 Å². The summed E-state index contributed by atoms with van der Waals surface area (Å²) in [4.78, 5) is 30.1. The van der Waals surface area contributed by atoms with Crippen LogP contribution in [-0.2, 0) is 0 Å². The van der Waals surface area contributed by atoms with E-state index in [1.54, 1.807) is 18.3 Å². The summed E-state index contributed by atoms with van der Waals surface area (Å²) in [7, 11) is 0. The molecule has 0 saturated heterocycles. The number of carbonyl (C=O) groups is 1. The number of fused-ring (bicyclic) bond motifs is 1. The lowest BCUT2D eigenvalue weighted by molar-refractivity contribution is 0.102. The largest absolute Gasteiger partial charge is 0.319 e. The molecule has 0 atom stereocenters. The minimum Gasteiger partial charge on any atom is -0.319 e. The standard InChI is InChI=1S/C15H11N3O2/c19-13-8-2-7-12(17-13)15(20)18-11-6-1-4-10-5-3-9-16-14(10)11/h1-9H,(H,17,19)(H,18,20). The molecule has 5 nitrogen and oxygen atoms in total. The van der Waals surface area contributed by atoms with Gasteiger partial charge in [-0.15, -0.1) is 0 Å². The summed E-state index contributed by atoms with van der Waals surface area (Å²) in [6.07, 6.45) is 1.67. The van der Waals surface area contributed by atoms with Gasteiger partial charge in [0.25, 0.3) is 5.91 Å². The molecular weight excluding hydrogens is 254 g/mol. The maximum absolute atomic E-state index is 12.1. The van der Waals surface area contributed by atoms with Crippen LogP contribution in [0.4, 0.5) is 5.69 Å². The van der Waals surface area contributed by atoms with Gasteiger partial charge in [-0.3, -0.25) is 14.6 Å². The summed E-state index contributed by atoms with van der Waals surface area (Å²) in [6, 6.07) is 13.7. The van der Waals surface area contributed by atoms with Gasteiger partial charge in [0.15, 0.2) is 0 Å². The van der Waals surface area contributed by atoms with Crippen molar-refractivity contribution in [3.05, 3.63) is 70.8 Å². The zero-order chi connectivity index (χ0) is 13.9. The van der Waals surface area contributed by atoms with Gasteiger partial charge in [-0.2, -0.15) is 0 Å². The number of hydrogen-bond acceptors (Lipinski definition) is 3. The molecule has 0 radical (unpaired) electrons. The van der Waals surface area contributed by atoms with Gasteiger partial charge < -0.3 is 10.3 Å². The lowest BCUT2D eigenvalue weighted by Crippen LogP contribution is -2.18. The minimum absolute atomic E-state index is 0.213. The Hall–Kier alpha value is -2.95. The number of pyridine rings is 2. The topological polar surface area (TPSA) is 74.8 Å². The summed E-state index contributed by atoms with van der Waals surface area (Å²) in [5, 5.41) is 3.69. The molecule has 3 rings (SSSR count). The highest BCUT2D eigenvalue weighted by Crippen LogP contribution is 2.20. The summed E-state index contributed by atoms with van der Waals surface area (Å²) in [5.41, 5.74) is 1.22. The zero-order valence-corrected chi connectivity index (χ0v) is 10.5. The van der Waals surface area contributed by atoms with E-state index in [0.29, 0.717) is 11.2 Å². The Morgan fingerprint density at radius 3 is 2.70 bits per heavy atom. The smallest absolute Gasteiger partial charge is 0.272 e. The van der Waals surface area contributed by atoms with Gasteiger partial charge in [0.05, 0.1) is 11.2 Å². The average molecular weight is 265 g/mol. The highest BCUT2D eigenvalue weighted by Gasteiger charge is 2.09. The van der Waals surface area contributed by atoms with Crippen molar-refractivity contribution in [2.45, 2.75) is 0 Å². The summed E-state index contributed by atoms with van der Waals surface area (Å²) in [5.74, 6) is -0.374. The van der Waals surface area contributed by atoms with Crippen molar-refractivity contribution in [3.8, 4) is 0 Å².